The van der Waals surface area contributed by atoms with Crippen LogP contribution in [0.1, 0.15) is 25.7 Å². The Bertz CT molecular complexity index is 642. The zero-order valence-electron chi connectivity index (χ0n) is 13.0. The number of hydrogen-bond donors (Lipinski definition) is 3. The summed E-state index contributed by atoms with van der Waals surface area (Å²) in [7, 11) is 0. The van der Waals surface area contributed by atoms with E-state index in [4.69, 9.17) is 0 Å². The van der Waals surface area contributed by atoms with Crippen LogP contribution < -0.4 is 10.6 Å². The first-order valence-corrected chi connectivity index (χ1v) is 8.05. The van der Waals surface area contributed by atoms with E-state index in [1.165, 1.54) is 0 Å². The van der Waals surface area contributed by atoms with Gasteiger partial charge in [0.25, 0.3) is 0 Å². The van der Waals surface area contributed by atoms with E-state index in [0.717, 1.165) is 31.4 Å². The second-order valence-corrected chi connectivity index (χ2v) is 5.93. The van der Waals surface area contributed by atoms with E-state index in [2.05, 4.69) is 15.7 Å². The number of nitrogens with one attached hydrogen (secondary N) is 2. The second kappa shape index (κ2) is 7.28. The first-order valence-electron chi connectivity index (χ1n) is 8.05. The Morgan fingerprint density at radius 1 is 1.30 bits per heavy atom. The number of benzene rings is 1. The van der Waals surface area contributed by atoms with Crippen molar-refractivity contribution < 1.29 is 9.90 Å². The van der Waals surface area contributed by atoms with Crippen molar-refractivity contribution in [3.8, 4) is 5.69 Å². The van der Waals surface area contributed by atoms with Crippen molar-refractivity contribution in [2.75, 3.05) is 11.9 Å². The molecule has 2 amide bonds. The molecule has 2 atom stereocenters. The molecule has 1 heterocycles. The summed E-state index contributed by atoms with van der Waals surface area (Å²) in [5.74, 6) is 0.157. The number of aliphatic hydroxyl groups is 1. The smallest absolute Gasteiger partial charge is 0.319 e. The minimum Gasteiger partial charge on any atom is -0.396 e. The fourth-order valence-corrected chi connectivity index (χ4v) is 3.10. The van der Waals surface area contributed by atoms with Crippen molar-refractivity contribution in [1.29, 1.82) is 0 Å². The lowest BCUT2D eigenvalue weighted by molar-refractivity contribution is 0.156. The van der Waals surface area contributed by atoms with Gasteiger partial charge in [0.1, 0.15) is 0 Å². The van der Waals surface area contributed by atoms with E-state index in [0.29, 0.717) is 5.69 Å². The molecule has 0 unspecified atom stereocenters. The number of carbonyl (C=O) groups excluding carboxylic acids is 1. The molecular weight excluding hydrogens is 292 g/mol. The molecule has 1 aromatic heterocycles. The Morgan fingerprint density at radius 2 is 2.17 bits per heavy atom. The molecule has 1 aliphatic carbocycles. The highest BCUT2D eigenvalue weighted by atomic mass is 16.3. The Labute approximate surface area is 135 Å². The van der Waals surface area contributed by atoms with E-state index in [9.17, 15) is 9.90 Å². The van der Waals surface area contributed by atoms with Crippen LogP contribution in [0.4, 0.5) is 10.5 Å². The van der Waals surface area contributed by atoms with Gasteiger partial charge in [-0.3, -0.25) is 0 Å². The number of urea groups is 1. The maximum Gasteiger partial charge on any atom is 0.319 e. The van der Waals surface area contributed by atoms with Crippen molar-refractivity contribution in [1.82, 2.24) is 15.1 Å². The average molecular weight is 314 g/mol. The van der Waals surface area contributed by atoms with Crippen LogP contribution in [0, 0.1) is 5.92 Å². The van der Waals surface area contributed by atoms with Gasteiger partial charge < -0.3 is 15.7 Å². The fraction of sp³-hybridized carbons (Fsp3) is 0.412. The predicted octanol–water partition coefficient (Wildman–Crippen LogP) is 2.54. The zero-order chi connectivity index (χ0) is 16.1. The topological polar surface area (TPSA) is 79.2 Å². The van der Waals surface area contributed by atoms with Crippen LogP contribution in [0.15, 0.2) is 42.7 Å². The summed E-state index contributed by atoms with van der Waals surface area (Å²) in [5.41, 5.74) is 1.60. The summed E-state index contributed by atoms with van der Waals surface area (Å²) in [6.07, 6.45) is 7.67. The molecule has 0 radical (unpaired) electrons. The van der Waals surface area contributed by atoms with Gasteiger partial charge in [0.05, 0.1) is 5.69 Å². The number of aromatic nitrogens is 2. The zero-order valence-corrected chi connectivity index (χ0v) is 13.0. The largest absolute Gasteiger partial charge is 0.396 e. The molecule has 6 nitrogen and oxygen atoms in total. The Morgan fingerprint density at radius 3 is 2.96 bits per heavy atom. The maximum absolute atomic E-state index is 12.2. The summed E-state index contributed by atoms with van der Waals surface area (Å²) < 4.78 is 1.74. The van der Waals surface area contributed by atoms with Gasteiger partial charge in [0.2, 0.25) is 0 Å². The number of hydrogen-bond acceptors (Lipinski definition) is 3. The molecule has 0 spiro atoms. The molecule has 1 saturated carbocycles. The molecule has 1 aromatic carbocycles. The van der Waals surface area contributed by atoms with Gasteiger partial charge >= 0.3 is 6.03 Å². The van der Waals surface area contributed by atoms with Crippen LogP contribution >= 0.6 is 0 Å². The summed E-state index contributed by atoms with van der Waals surface area (Å²) >= 11 is 0. The molecular formula is C17H22N4O2. The van der Waals surface area contributed by atoms with Crippen LogP contribution in [-0.2, 0) is 0 Å². The van der Waals surface area contributed by atoms with Crippen LogP contribution in [0.2, 0.25) is 0 Å². The third-order valence-electron chi connectivity index (χ3n) is 4.33. The third kappa shape index (κ3) is 3.90. The summed E-state index contributed by atoms with van der Waals surface area (Å²) in [6.45, 7) is 0.125. The normalized spacial score (nSPS) is 20.9. The third-order valence-corrected chi connectivity index (χ3v) is 4.33. The van der Waals surface area contributed by atoms with Gasteiger partial charge in [-0.15, -0.1) is 0 Å². The molecule has 6 heteroatoms. The monoisotopic (exact) mass is 314 g/mol. The van der Waals surface area contributed by atoms with E-state index in [1.54, 1.807) is 10.9 Å². The Kier molecular flexibility index (Phi) is 4.92. The Hall–Kier alpha value is -2.34. The molecule has 0 saturated heterocycles. The quantitative estimate of drug-likeness (QED) is 0.811. The van der Waals surface area contributed by atoms with Gasteiger partial charge in [0.15, 0.2) is 0 Å². The molecule has 1 fully saturated rings. The Balaban J connectivity index is 1.62. The minimum absolute atomic E-state index is 0.0445. The van der Waals surface area contributed by atoms with Crippen molar-refractivity contribution in [3.05, 3.63) is 42.7 Å². The van der Waals surface area contributed by atoms with E-state index >= 15 is 0 Å². The molecule has 1 aliphatic rings. The maximum atomic E-state index is 12.2. The van der Waals surface area contributed by atoms with Gasteiger partial charge in [-0.1, -0.05) is 18.9 Å². The lowest BCUT2D eigenvalue weighted by Crippen LogP contribution is -2.45. The first kappa shape index (κ1) is 15.6. The van der Waals surface area contributed by atoms with Crippen LogP contribution in [0.3, 0.4) is 0 Å². The molecule has 3 N–H and O–H groups in total. The highest BCUT2D eigenvalue weighted by Crippen LogP contribution is 2.24. The van der Waals surface area contributed by atoms with E-state index in [1.807, 2.05) is 36.5 Å². The highest BCUT2D eigenvalue weighted by Gasteiger charge is 2.25. The summed E-state index contributed by atoms with van der Waals surface area (Å²) in [4.78, 5) is 12.2. The fourth-order valence-electron chi connectivity index (χ4n) is 3.10. The molecule has 2 aromatic rings. The molecule has 122 valence electrons. The molecule has 3 rings (SSSR count). The van der Waals surface area contributed by atoms with Gasteiger partial charge in [-0.05, 0) is 37.1 Å². The number of aliphatic hydroxyl groups excluding tert-OH is 1. The lowest BCUT2D eigenvalue weighted by atomic mass is 9.85. The highest BCUT2D eigenvalue weighted by molar-refractivity contribution is 5.89. The van der Waals surface area contributed by atoms with E-state index < -0.39 is 0 Å². The van der Waals surface area contributed by atoms with Crippen LogP contribution in [0.5, 0.6) is 0 Å². The van der Waals surface area contributed by atoms with Crippen molar-refractivity contribution in [2.24, 2.45) is 5.92 Å². The van der Waals surface area contributed by atoms with Gasteiger partial charge in [-0.25, -0.2) is 9.48 Å². The van der Waals surface area contributed by atoms with Crippen molar-refractivity contribution in [2.45, 2.75) is 31.7 Å². The number of carbonyl (C=O) groups is 1. The number of amides is 2. The minimum atomic E-state index is -0.229. The number of rotatable bonds is 4. The standard InChI is InChI=1S/C17H22N4O2/c22-12-13-5-1-2-8-16(13)20-17(23)19-14-6-3-7-15(11-14)21-10-4-9-18-21/h3-4,6-7,9-11,13,16,22H,1-2,5,8,12H2,(H2,19,20,23)/t13-,16-/m0/s1. The molecule has 23 heavy (non-hydrogen) atoms. The van der Waals surface area contributed by atoms with Crippen molar-refractivity contribution in [3.63, 3.8) is 0 Å². The van der Waals surface area contributed by atoms with Crippen molar-refractivity contribution >= 4 is 11.7 Å². The summed E-state index contributed by atoms with van der Waals surface area (Å²) in [6, 6.07) is 9.19. The van der Waals surface area contributed by atoms with Gasteiger partial charge in [-0.2, -0.15) is 5.10 Å². The van der Waals surface area contributed by atoms with E-state index in [-0.39, 0.29) is 24.6 Å². The average Bonchev–Trinajstić information content (AvgIpc) is 3.10. The number of anilines is 1. The van der Waals surface area contributed by atoms with Crippen LogP contribution in [-0.4, -0.2) is 33.6 Å². The van der Waals surface area contributed by atoms with Crippen LogP contribution in [0.25, 0.3) is 5.69 Å². The summed E-state index contributed by atoms with van der Waals surface area (Å²) in [5, 5.41) is 19.5. The predicted molar refractivity (Wildman–Crippen MR) is 88.6 cm³/mol. The second-order valence-electron chi connectivity index (χ2n) is 5.93. The SMILES string of the molecule is O=C(Nc1cccc(-n2cccn2)c1)N[C@H]1CCCC[C@H]1CO. The molecule has 0 bridgehead atoms. The first-order chi connectivity index (χ1) is 11.3. The van der Waals surface area contributed by atoms with Gasteiger partial charge in [0, 0.05) is 36.6 Å². The number of nitrogens with zero attached hydrogens (tertiary/aromatic N) is 2. The lowest BCUT2D eigenvalue weighted by Gasteiger charge is -2.30. The molecule has 0 aliphatic heterocycles.